The number of allylic oxidation sites excluding steroid dienone is 36. The van der Waals surface area contributed by atoms with Gasteiger partial charge in [0.25, 0.3) is 0 Å². The van der Waals surface area contributed by atoms with E-state index in [1.807, 2.05) is 0 Å². The van der Waals surface area contributed by atoms with Crippen molar-refractivity contribution in [1.29, 1.82) is 0 Å². The summed E-state index contributed by atoms with van der Waals surface area (Å²) in [6.45, 7) is 3.87. The van der Waals surface area contributed by atoms with Crippen molar-refractivity contribution in [3.63, 3.8) is 0 Å². The van der Waals surface area contributed by atoms with Crippen LogP contribution in [0.4, 0.5) is 0 Å². The smallest absolute Gasteiger partial charge is 0.306 e. The Kier molecular flexibility index (Phi) is 64.6. The standard InChI is InChI=1S/C77H116O5/c1-3-5-7-9-11-13-15-17-19-21-23-25-27-29-31-32-33-34-35-36-37-38-39-40-41-42-43-44-46-48-50-52-54-56-58-60-62-64-66-68-70-72-77(80)82-75(73-78)74-81-76(79)71-69-67-65-63-61-59-57-55-53-51-49-47-45-30-28-26-24-22-20-18-16-14-12-10-8-6-4-2/h5-8,11-14,17-20,23-26,29-31,33-34,36-37,39-40,42-43,45-46,48-49,51-52,54-55,57,75,78H,3-4,9-10,15-16,21-22,27-28,32,35,38,41,44,47,50,53,56,58-74H2,1-2H3/b7-5-,8-6-,13-11-,14-12-,19-17-,20-18-,25-23-,26-24-,31-29-,34-33-,37-36-,40-39-,43-42-,45-30-,48-46-,51-49-,54-52-,57-55-. The highest BCUT2D eigenvalue weighted by Crippen LogP contribution is 2.13. The maximum atomic E-state index is 12.3. The largest absolute Gasteiger partial charge is 0.462 e. The molecule has 0 bridgehead atoms. The first-order chi connectivity index (χ1) is 40.6. The average Bonchev–Trinajstić information content (AvgIpc) is 3.49. The zero-order valence-electron chi connectivity index (χ0n) is 51.9. The van der Waals surface area contributed by atoms with Gasteiger partial charge >= 0.3 is 11.9 Å². The topological polar surface area (TPSA) is 72.8 Å². The van der Waals surface area contributed by atoms with Crippen molar-refractivity contribution in [1.82, 2.24) is 0 Å². The lowest BCUT2D eigenvalue weighted by atomic mass is 10.1. The number of unbranched alkanes of at least 4 members (excludes halogenated alkanes) is 12. The Morgan fingerprint density at radius 1 is 0.280 bits per heavy atom. The molecule has 0 aromatic carbocycles. The highest BCUT2D eigenvalue weighted by atomic mass is 16.6. The second-order valence-electron chi connectivity index (χ2n) is 20.4. The van der Waals surface area contributed by atoms with Crippen LogP contribution in [0.5, 0.6) is 0 Å². The van der Waals surface area contributed by atoms with Crippen molar-refractivity contribution in [3.05, 3.63) is 219 Å². The third kappa shape index (κ3) is 66.7. The van der Waals surface area contributed by atoms with Crippen LogP contribution in [0.25, 0.3) is 0 Å². The quantitative estimate of drug-likeness (QED) is 0.0373. The highest BCUT2D eigenvalue weighted by molar-refractivity contribution is 5.70. The van der Waals surface area contributed by atoms with Gasteiger partial charge in [-0.1, -0.05) is 284 Å². The molecule has 0 saturated heterocycles. The van der Waals surface area contributed by atoms with E-state index in [9.17, 15) is 14.7 Å². The fourth-order valence-electron chi connectivity index (χ4n) is 8.01. The number of hydrogen-bond donors (Lipinski definition) is 1. The minimum absolute atomic E-state index is 0.0960. The summed E-state index contributed by atoms with van der Waals surface area (Å²) < 4.78 is 10.7. The lowest BCUT2D eigenvalue weighted by Crippen LogP contribution is -2.28. The van der Waals surface area contributed by atoms with E-state index in [0.717, 1.165) is 180 Å². The molecule has 0 aliphatic carbocycles. The van der Waals surface area contributed by atoms with Crippen LogP contribution in [0.2, 0.25) is 0 Å². The summed E-state index contributed by atoms with van der Waals surface area (Å²) in [4.78, 5) is 24.6. The van der Waals surface area contributed by atoms with E-state index in [1.54, 1.807) is 0 Å². The summed E-state index contributed by atoms with van der Waals surface area (Å²) in [7, 11) is 0. The number of aliphatic hydroxyl groups is 1. The zero-order chi connectivity index (χ0) is 59.1. The molecule has 0 aromatic rings. The molecule has 0 amide bonds. The van der Waals surface area contributed by atoms with Crippen LogP contribution in [0.1, 0.15) is 232 Å². The summed E-state index contributed by atoms with van der Waals surface area (Å²) in [5, 5.41) is 9.68. The lowest BCUT2D eigenvalue weighted by molar-refractivity contribution is -0.161. The summed E-state index contributed by atoms with van der Waals surface area (Å²) in [6.07, 6.45) is 113. The molecule has 82 heavy (non-hydrogen) atoms. The van der Waals surface area contributed by atoms with Crippen LogP contribution >= 0.6 is 0 Å². The predicted molar refractivity (Wildman–Crippen MR) is 361 cm³/mol. The first-order valence-corrected chi connectivity index (χ1v) is 32.3. The number of rotatable bonds is 56. The van der Waals surface area contributed by atoms with Gasteiger partial charge in [-0.15, -0.1) is 0 Å². The molecule has 0 heterocycles. The van der Waals surface area contributed by atoms with Gasteiger partial charge in [0.15, 0.2) is 6.10 Å². The maximum Gasteiger partial charge on any atom is 0.306 e. The van der Waals surface area contributed by atoms with Crippen molar-refractivity contribution in [3.8, 4) is 0 Å². The Morgan fingerprint density at radius 2 is 0.488 bits per heavy atom. The fraction of sp³-hybridized carbons (Fsp3) is 0.506. The molecule has 454 valence electrons. The van der Waals surface area contributed by atoms with Gasteiger partial charge in [-0.3, -0.25) is 9.59 Å². The second kappa shape index (κ2) is 69.5. The number of hydrogen-bond acceptors (Lipinski definition) is 5. The summed E-state index contributed by atoms with van der Waals surface area (Å²) in [5.41, 5.74) is 0. The molecular formula is C77H116O5. The zero-order valence-corrected chi connectivity index (χ0v) is 51.9. The molecule has 5 heteroatoms. The highest BCUT2D eigenvalue weighted by Gasteiger charge is 2.16. The predicted octanol–water partition coefficient (Wildman–Crippen LogP) is 22.7. The molecule has 0 rings (SSSR count). The molecule has 0 spiro atoms. The molecule has 5 nitrogen and oxygen atoms in total. The Bertz CT molecular complexity index is 1990. The molecule has 0 aliphatic rings. The van der Waals surface area contributed by atoms with Crippen molar-refractivity contribution in [2.24, 2.45) is 0 Å². The molecular weight excluding hydrogens is 1000 g/mol. The van der Waals surface area contributed by atoms with E-state index >= 15 is 0 Å². The molecule has 0 saturated carbocycles. The molecule has 1 atom stereocenters. The number of carbonyl (C=O) groups excluding carboxylic acids is 2. The Hall–Kier alpha value is -5.78. The molecule has 1 unspecified atom stereocenters. The third-order valence-electron chi connectivity index (χ3n) is 12.8. The number of aliphatic hydroxyl groups excluding tert-OH is 1. The minimum atomic E-state index is -0.806. The monoisotopic (exact) mass is 1120 g/mol. The Morgan fingerprint density at radius 3 is 0.732 bits per heavy atom. The van der Waals surface area contributed by atoms with E-state index in [4.69, 9.17) is 9.47 Å². The van der Waals surface area contributed by atoms with Crippen LogP contribution < -0.4 is 0 Å². The van der Waals surface area contributed by atoms with Gasteiger partial charge in [-0.2, -0.15) is 0 Å². The maximum absolute atomic E-state index is 12.3. The van der Waals surface area contributed by atoms with E-state index in [2.05, 4.69) is 233 Å². The Balaban J connectivity index is 3.67. The lowest BCUT2D eigenvalue weighted by Gasteiger charge is -2.15. The number of ether oxygens (including phenoxy) is 2. The van der Waals surface area contributed by atoms with Gasteiger partial charge in [0.05, 0.1) is 6.61 Å². The van der Waals surface area contributed by atoms with Crippen molar-refractivity contribution in [2.45, 2.75) is 238 Å². The van der Waals surface area contributed by atoms with Gasteiger partial charge in [-0.05, 0) is 154 Å². The van der Waals surface area contributed by atoms with Gasteiger partial charge in [0, 0.05) is 12.8 Å². The van der Waals surface area contributed by atoms with E-state index in [-0.39, 0.29) is 25.2 Å². The third-order valence-corrected chi connectivity index (χ3v) is 12.8. The normalized spacial score (nSPS) is 13.7. The minimum Gasteiger partial charge on any atom is -0.462 e. The summed E-state index contributed by atoms with van der Waals surface area (Å²) >= 11 is 0. The Labute approximate surface area is 503 Å². The van der Waals surface area contributed by atoms with Gasteiger partial charge in [-0.25, -0.2) is 0 Å². The van der Waals surface area contributed by atoms with Crippen molar-refractivity contribution >= 4 is 11.9 Å². The van der Waals surface area contributed by atoms with Crippen LogP contribution in [0.3, 0.4) is 0 Å². The molecule has 0 fully saturated rings. The van der Waals surface area contributed by atoms with Crippen LogP contribution in [-0.4, -0.2) is 36.4 Å². The number of esters is 2. The summed E-state index contributed by atoms with van der Waals surface area (Å²) in [5.74, 6) is -0.643. The average molecular weight is 1120 g/mol. The molecule has 1 N–H and O–H groups in total. The van der Waals surface area contributed by atoms with Crippen molar-refractivity contribution in [2.75, 3.05) is 13.2 Å². The molecule has 0 aromatic heterocycles. The van der Waals surface area contributed by atoms with Crippen LogP contribution in [0, 0.1) is 0 Å². The van der Waals surface area contributed by atoms with Crippen molar-refractivity contribution < 1.29 is 24.2 Å². The van der Waals surface area contributed by atoms with Gasteiger partial charge in [0.1, 0.15) is 6.61 Å². The first-order valence-electron chi connectivity index (χ1n) is 32.3. The van der Waals surface area contributed by atoms with E-state index < -0.39 is 6.10 Å². The molecule has 0 aliphatic heterocycles. The van der Waals surface area contributed by atoms with Gasteiger partial charge in [0.2, 0.25) is 0 Å². The number of carbonyl (C=O) groups is 2. The van der Waals surface area contributed by atoms with Crippen LogP contribution in [0.15, 0.2) is 219 Å². The second-order valence-corrected chi connectivity index (χ2v) is 20.4. The first kappa shape index (κ1) is 76.2. The molecule has 0 radical (unpaired) electrons. The van der Waals surface area contributed by atoms with Crippen LogP contribution in [-0.2, 0) is 19.1 Å². The van der Waals surface area contributed by atoms with E-state index in [0.29, 0.717) is 12.8 Å². The SMILES string of the molecule is CC/C=C\C/C=C\C/C=C\C/C=C\C/C=C\C/C=C\C/C=C\C/C=C\C/C=C\C/C=C\C/C=C\CCCCCCCCCC(=O)OC(CO)COC(=O)CCCCCCC/C=C\C/C=C\C/C=C\C/C=C\C/C=C\C/C=C\C/C=C\CC. The summed E-state index contributed by atoms with van der Waals surface area (Å²) in [6, 6.07) is 0. The fourth-order valence-corrected chi connectivity index (χ4v) is 8.01. The van der Waals surface area contributed by atoms with E-state index in [1.165, 1.54) is 25.7 Å². The van der Waals surface area contributed by atoms with Gasteiger partial charge < -0.3 is 14.6 Å².